The maximum absolute atomic E-state index is 9.35. The van der Waals surface area contributed by atoms with Crippen molar-refractivity contribution in [3.63, 3.8) is 0 Å². The third-order valence-electron chi connectivity index (χ3n) is 3.27. The van der Waals surface area contributed by atoms with Gasteiger partial charge in [-0.1, -0.05) is 23.7 Å². The molecule has 1 heterocycles. The Hall–Kier alpha value is -2.02. The molecule has 0 unspecified atom stereocenters. The molecule has 3 nitrogen and oxygen atoms in total. The number of hydrogen-bond acceptors (Lipinski definition) is 2. The average Bonchev–Trinajstić information content (AvgIpc) is 2.85. The summed E-state index contributed by atoms with van der Waals surface area (Å²) < 4.78 is 1.96. The number of halogens is 2. The lowest BCUT2D eigenvalue weighted by Crippen LogP contribution is -2.04. The Morgan fingerprint density at radius 1 is 1.19 bits per heavy atom. The van der Waals surface area contributed by atoms with E-state index in [9.17, 15) is 5.26 Å². The van der Waals surface area contributed by atoms with Crippen LogP contribution in [0.2, 0.25) is 5.02 Å². The van der Waals surface area contributed by atoms with Gasteiger partial charge in [-0.3, -0.25) is 4.57 Å². The van der Waals surface area contributed by atoms with Gasteiger partial charge in [-0.05, 0) is 30.3 Å². The fraction of sp³-hybridized carbons (Fsp3) is 0.125. The number of fused-ring (bicyclic) bond motifs is 1. The number of hydrogen-bond donors (Lipinski definition) is 0. The highest BCUT2D eigenvalue weighted by molar-refractivity contribution is 6.30. The molecule has 0 radical (unpaired) electrons. The highest BCUT2D eigenvalue weighted by atomic mass is 35.5. The molecule has 3 aromatic rings. The van der Waals surface area contributed by atoms with Gasteiger partial charge in [0.05, 0.1) is 22.3 Å². The van der Waals surface area contributed by atoms with Crippen LogP contribution in [0.15, 0.2) is 42.5 Å². The smallest absolute Gasteiger partial charge is 0.115 e. The van der Waals surface area contributed by atoms with Crippen molar-refractivity contribution in [1.29, 1.82) is 5.26 Å². The SMILES string of the molecule is N#Cc1ccc(Cl)cc1-n1c(CCCl)nc2ccccc21. The second-order valence-corrected chi connectivity index (χ2v) is 5.38. The van der Waals surface area contributed by atoms with Crippen LogP contribution in [0, 0.1) is 11.3 Å². The summed E-state index contributed by atoms with van der Waals surface area (Å²) in [6, 6.07) is 15.2. The summed E-state index contributed by atoms with van der Waals surface area (Å²) in [7, 11) is 0. The molecule has 21 heavy (non-hydrogen) atoms. The van der Waals surface area contributed by atoms with E-state index >= 15 is 0 Å². The van der Waals surface area contributed by atoms with Crippen LogP contribution in [0.3, 0.4) is 0 Å². The zero-order valence-electron chi connectivity index (χ0n) is 11.1. The molecule has 5 heteroatoms. The molecule has 0 fully saturated rings. The van der Waals surface area contributed by atoms with E-state index in [1.165, 1.54) is 0 Å². The first-order valence-corrected chi connectivity index (χ1v) is 7.38. The van der Waals surface area contributed by atoms with Gasteiger partial charge >= 0.3 is 0 Å². The number of aromatic nitrogens is 2. The van der Waals surface area contributed by atoms with Crippen molar-refractivity contribution in [1.82, 2.24) is 9.55 Å². The van der Waals surface area contributed by atoms with Gasteiger partial charge in [-0.25, -0.2) is 4.98 Å². The number of imidazole rings is 1. The van der Waals surface area contributed by atoms with Crippen molar-refractivity contribution in [3.8, 4) is 11.8 Å². The minimum atomic E-state index is 0.464. The van der Waals surface area contributed by atoms with Gasteiger partial charge in [-0.15, -0.1) is 11.6 Å². The van der Waals surface area contributed by atoms with Crippen molar-refractivity contribution in [2.75, 3.05) is 5.88 Å². The number of aryl methyl sites for hydroxylation is 1. The summed E-state index contributed by atoms with van der Waals surface area (Å²) in [6.45, 7) is 0. The molecule has 3 rings (SSSR count). The van der Waals surface area contributed by atoms with E-state index in [-0.39, 0.29) is 0 Å². The summed E-state index contributed by atoms with van der Waals surface area (Å²) in [6.07, 6.45) is 0.619. The Morgan fingerprint density at radius 3 is 2.76 bits per heavy atom. The van der Waals surface area contributed by atoms with E-state index in [2.05, 4.69) is 11.1 Å². The van der Waals surface area contributed by atoms with Crippen molar-refractivity contribution < 1.29 is 0 Å². The molecular weight excluding hydrogens is 305 g/mol. The highest BCUT2D eigenvalue weighted by Crippen LogP contribution is 2.26. The van der Waals surface area contributed by atoms with Gasteiger partial charge in [-0.2, -0.15) is 5.26 Å². The molecule has 104 valence electrons. The van der Waals surface area contributed by atoms with Crippen LogP contribution in [0.5, 0.6) is 0 Å². The molecule has 0 bridgehead atoms. The van der Waals surface area contributed by atoms with Crippen LogP contribution in [0.25, 0.3) is 16.7 Å². The third-order valence-corrected chi connectivity index (χ3v) is 3.69. The topological polar surface area (TPSA) is 41.6 Å². The Bertz CT molecular complexity index is 846. The Kier molecular flexibility index (Phi) is 3.83. The number of nitrogens with zero attached hydrogens (tertiary/aromatic N) is 3. The minimum Gasteiger partial charge on any atom is -0.295 e. The van der Waals surface area contributed by atoms with Crippen molar-refractivity contribution in [3.05, 3.63) is 58.9 Å². The third kappa shape index (κ3) is 2.49. The van der Waals surface area contributed by atoms with Crippen LogP contribution in [-0.2, 0) is 6.42 Å². The van der Waals surface area contributed by atoms with Gasteiger partial charge < -0.3 is 0 Å². The van der Waals surface area contributed by atoms with E-state index < -0.39 is 0 Å². The van der Waals surface area contributed by atoms with Gasteiger partial charge in [0.2, 0.25) is 0 Å². The van der Waals surface area contributed by atoms with E-state index in [0.29, 0.717) is 22.9 Å². The molecule has 0 saturated heterocycles. The van der Waals surface area contributed by atoms with Gasteiger partial charge in [0, 0.05) is 17.3 Å². The minimum absolute atomic E-state index is 0.464. The summed E-state index contributed by atoms with van der Waals surface area (Å²) >= 11 is 12.0. The number of alkyl halides is 1. The van der Waals surface area contributed by atoms with Gasteiger partial charge in [0.15, 0.2) is 0 Å². The quantitative estimate of drug-likeness (QED) is 0.675. The first-order chi connectivity index (χ1) is 10.2. The first-order valence-electron chi connectivity index (χ1n) is 6.47. The molecule has 0 aliphatic heterocycles. The predicted octanol–water partition coefficient (Wildman–Crippen LogP) is 4.33. The molecule has 0 atom stereocenters. The lowest BCUT2D eigenvalue weighted by atomic mass is 10.2. The predicted molar refractivity (Wildman–Crippen MR) is 85.2 cm³/mol. The first kappa shape index (κ1) is 13.9. The summed E-state index contributed by atoms with van der Waals surface area (Å²) in [5.74, 6) is 1.29. The Labute approximate surface area is 132 Å². The number of para-hydroxylation sites is 2. The number of rotatable bonds is 3. The molecule has 0 N–H and O–H groups in total. The van der Waals surface area contributed by atoms with E-state index in [4.69, 9.17) is 23.2 Å². The lowest BCUT2D eigenvalue weighted by molar-refractivity contribution is 0.910. The standard InChI is InChI=1S/C16H11Cl2N3/c17-8-7-16-20-13-3-1-2-4-14(13)21(16)15-9-12(18)6-5-11(15)10-19/h1-6,9H,7-8H2. The molecule has 0 saturated carbocycles. The average molecular weight is 316 g/mol. The highest BCUT2D eigenvalue weighted by Gasteiger charge is 2.15. The Balaban J connectivity index is 2.36. The molecule has 0 spiro atoms. The molecule has 1 aromatic heterocycles. The maximum Gasteiger partial charge on any atom is 0.115 e. The molecule has 2 aromatic carbocycles. The van der Waals surface area contributed by atoms with E-state index in [1.54, 1.807) is 18.2 Å². The van der Waals surface area contributed by atoms with Crippen LogP contribution >= 0.6 is 23.2 Å². The zero-order chi connectivity index (χ0) is 14.8. The summed E-state index contributed by atoms with van der Waals surface area (Å²) in [5, 5.41) is 9.93. The fourth-order valence-corrected chi connectivity index (χ4v) is 2.72. The normalized spacial score (nSPS) is 10.7. The maximum atomic E-state index is 9.35. The molecule has 0 aliphatic carbocycles. The van der Waals surface area contributed by atoms with Crippen molar-refractivity contribution >= 4 is 34.2 Å². The monoisotopic (exact) mass is 315 g/mol. The zero-order valence-corrected chi connectivity index (χ0v) is 12.6. The van der Waals surface area contributed by atoms with E-state index in [0.717, 1.165) is 22.5 Å². The van der Waals surface area contributed by atoms with Crippen LogP contribution in [-0.4, -0.2) is 15.4 Å². The van der Waals surface area contributed by atoms with Crippen LogP contribution < -0.4 is 0 Å². The van der Waals surface area contributed by atoms with Crippen molar-refractivity contribution in [2.45, 2.75) is 6.42 Å². The largest absolute Gasteiger partial charge is 0.295 e. The molecular formula is C16H11Cl2N3. The van der Waals surface area contributed by atoms with Gasteiger partial charge in [0.25, 0.3) is 0 Å². The van der Waals surface area contributed by atoms with E-state index in [1.807, 2.05) is 28.8 Å². The fourth-order valence-electron chi connectivity index (χ4n) is 2.38. The van der Waals surface area contributed by atoms with Crippen LogP contribution in [0.4, 0.5) is 0 Å². The second-order valence-electron chi connectivity index (χ2n) is 4.56. The Morgan fingerprint density at radius 2 is 2.00 bits per heavy atom. The van der Waals surface area contributed by atoms with Gasteiger partial charge in [0.1, 0.15) is 11.9 Å². The lowest BCUT2D eigenvalue weighted by Gasteiger charge is -2.11. The van der Waals surface area contributed by atoms with Crippen molar-refractivity contribution in [2.24, 2.45) is 0 Å². The number of benzene rings is 2. The number of nitriles is 1. The second kappa shape index (κ2) is 5.77. The summed E-state index contributed by atoms with van der Waals surface area (Å²) in [4.78, 5) is 4.61. The molecule has 0 aliphatic rings. The molecule has 0 amide bonds. The van der Waals surface area contributed by atoms with Crippen LogP contribution in [0.1, 0.15) is 11.4 Å². The summed E-state index contributed by atoms with van der Waals surface area (Å²) in [5.41, 5.74) is 3.11.